The first kappa shape index (κ1) is 9.99. The van der Waals surface area contributed by atoms with Crippen LogP contribution in [0.2, 0.25) is 0 Å². The molecule has 0 unspecified atom stereocenters. The van der Waals surface area contributed by atoms with Crippen molar-refractivity contribution in [2.75, 3.05) is 5.73 Å². The van der Waals surface area contributed by atoms with Crippen LogP contribution in [-0.4, -0.2) is 4.98 Å². The van der Waals surface area contributed by atoms with E-state index in [1.54, 1.807) is 6.08 Å². The molecule has 0 amide bonds. The fourth-order valence-electron chi connectivity index (χ4n) is 1.04. The number of hydrogen-bond acceptors (Lipinski definition) is 3. The van der Waals surface area contributed by atoms with E-state index in [0.717, 1.165) is 10.6 Å². The van der Waals surface area contributed by atoms with Crippen LogP contribution >= 0.6 is 11.3 Å². The minimum atomic E-state index is -0.0845. The first-order valence-electron chi connectivity index (χ1n) is 4.04. The van der Waals surface area contributed by atoms with Crippen LogP contribution in [0.1, 0.15) is 24.4 Å². The van der Waals surface area contributed by atoms with Gasteiger partial charge in [0.2, 0.25) is 0 Å². The molecule has 0 aliphatic carbocycles. The zero-order chi connectivity index (χ0) is 10.1. The van der Waals surface area contributed by atoms with Crippen LogP contribution in [0.4, 0.5) is 5.13 Å². The van der Waals surface area contributed by atoms with Gasteiger partial charge in [0.05, 0.1) is 5.69 Å². The third kappa shape index (κ3) is 1.80. The maximum Gasteiger partial charge on any atom is 0.180 e. The molecule has 0 aliphatic heterocycles. The molecule has 0 fully saturated rings. The second kappa shape index (κ2) is 3.34. The predicted octanol–water partition coefficient (Wildman–Crippen LogP) is 2.83. The highest BCUT2D eigenvalue weighted by Crippen LogP contribution is 2.34. The van der Waals surface area contributed by atoms with Gasteiger partial charge in [-0.15, -0.1) is 17.9 Å². The van der Waals surface area contributed by atoms with Crippen molar-refractivity contribution in [3.8, 4) is 0 Å². The molecule has 0 atom stereocenters. The van der Waals surface area contributed by atoms with Gasteiger partial charge >= 0.3 is 0 Å². The van der Waals surface area contributed by atoms with Gasteiger partial charge in [-0.2, -0.15) is 0 Å². The summed E-state index contributed by atoms with van der Waals surface area (Å²) in [5.74, 6) is 0. The van der Waals surface area contributed by atoms with E-state index in [1.807, 2.05) is 6.08 Å². The standard InChI is InChI=1S/C10H14N2S/c1-5-7-8(10(3,4)6-2)13-9(11)12-7/h5-6H,1-2H2,3-4H3,(H2,11,12). The fourth-order valence-corrected chi connectivity index (χ4v) is 1.97. The molecule has 0 bridgehead atoms. The number of allylic oxidation sites excluding steroid dienone is 1. The summed E-state index contributed by atoms with van der Waals surface area (Å²) in [6.07, 6.45) is 3.63. The lowest BCUT2D eigenvalue weighted by Gasteiger charge is -2.17. The highest BCUT2D eigenvalue weighted by molar-refractivity contribution is 7.15. The molecule has 1 aromatic rings. The molecule has 0 radical (unpaired) electrons. The average Bonchev–Trinajstić information content (AvgIpc) is 2.47. The Hall–Kier alpha value is -1.09. The molecule has 1 rings (SSSR count). The molecular weight excluding hydrogens is 180 g/mol. The van der Waals surface area contributed by atoms with Crippen LogP contribution < -0.4 is 5.73 Å². The van der Waals surface area contributed by atoms with Crippen molar-refractivity contribution < 1.29 is 0 Å². The molecule has 13 heavy (non-hydrogen) atoms. The Balaban J connectivity index is 3.27. The lowest BCUT2D eigenvalue weighted by atomic mass is 9.90. The summed E-state index contributed by atoms with van der Waals surface area (Å²) in [6.45, 7) is 11.7. The zero-order valence-corrected chi connectivity index (χ0v) is 8.82. The second-order valence-electron chi connectivity index (χ2n) is 3.40. The predicted molar refractivity (Wildman–Crippen MR) is 59.8 cm³/mol. The maximum absolute atomic E-state index is 5.63. The Labute approximate surface area is 82.8 Å². The number of rotatable bonds is 3. The van der Waals surface area contributed by atoms with E-state index in [9.17, 15) is 0 Å². The quantitative estimate of drug-likeness (QED) is 0.751. The van der Waals surface area contributed by atoms with Crippen molar-refractivity contribution in [3.63, 3.8) is 0 Å². The molecule has 1 heterocycles. The van der Waals surface area contributed by atoms with Gasteiger partial charge < -0.3 is 5.73 Å². The van der Waals surface area contributed by atoms with Crippen molar-refractivity contribution >= 4 is 22.5 Å². The molecule has 0 spiro atoms. The van der Waals surface area contributed by atoms with Crippen LogP contribution in [0.5, 0.6) is 0 Å². The summed E-state index contributed by atoms with van der Waals surface area (Å²) >= 11 is 1.49. The van der Waals surface area contributed by atoms with Gasteiger partial charge in [0.25, 0.3) is 0 Å². The van der Waals surface area contributed by atoms with Crippen molar-refractivity contribution in [3.05, 3.63) is 29.8 Å². The lowest BCUT2D eigenvalue weighted by molar-refractivity contribution is 0.684. The third-order valence-corrected chi connectivity index (χ3v) is 3.20. The van der Waals surface area contributed by atoms with Crippen LogP contribution in [0.15, 0.2) is 19.2 Å². The van der Waals surface area contributed by atoms with Gasteiger partial charge in [-0.25, -0.2) is 4.98 Å². The highest BCUT2D eigenvalue weighted by atomic mass is 32.1. The number of anilines is 1. The van der Waals surface area contributed by atoms with Crippen LogP contribution in [0.25, 0.3) is 6.08 Å². The Bertz CT molecular complexity index is 337. The third-order valence-electron chi connectivity index (χ3n) is 1.96. The van der Waals surface area contributed by atoms with E-state index < -0.39 is 0 Å². The first-order valence-corrected chi connectivity index (χ1v) is 4.85. The normalized spacial score (nSPS) is 11.2. The van der Waals surface area contributed by atoms with E-state index in [4.69, 9.17) is 5.73 Å². The summed E-state index contributed by atoms with van der Waals surface area (Å²) in [7, 11) is 0. The average molecular weight is 194 g/mol. The molecule has 0 saturated carbocycles. The topological polar surface area (TPSA) is 38.9 Å². The Morgan fingerprint density at radius 2 is 2.08 bits per heavy atom. The molecule has 0 aliphatic rings. The Kier molecular flexibility index (Phi) is 2.57. The molecule has 3 heteroatoms. The van der Waals surface area contributed by atoms with Gasteiger partial charge in [0, 0.05) is 10.3 Å². The van der Waals surface area contributed by atoms with Crippen molar-refractivity contribution in [2.24, 2.45) is 0 Å². The largest absolute Gasteiger partial charge is 0.375 e. The maximum atomic E-state index is 5.63. The molecular formula is C10H14N2S. The summed E-state index contributed by atoms with van der Waals surface area (Å²) < 4.78 is 0. The van der Waals surface area contributed by atoms with Gasteiger partial charge in [-0.05, 0) is 6.08 Å². The second-order valence-corrected chi connectivity index (χ2v) is 4.43. The van der Waals surface area contributed by atoms with E-state index in [2.05, 4.69) is 32.0 Å². The number of thiazole rings is 1. The van der Waals surface area contributed by atoms with Gasteiger partial charge in [0.1, 0.15) is 0 Å². The van der Waals surface area contributed by atoms with Gasteiger partial charge in [0.15, 0.2) is 5.13 Å². The zero-order valence-electron chi connectivity index (χ0n) is 8.00. The number of nitrogen functional groups attached to an aromatic ring is 1. The van der Waals surface area contributed by atoms with Crippen molar-refractivity contribution in [2.45, 2.75) is 19.3 Å². The molecule has 0 aromatic carbocycles. The summed E-state index contributed by atoms with van der Waals surface area (Å²) in [4.78, 5) is 5.29. The SMILES string of the molecule is C=Cc1nc(N)sc1C(C)(C)C=C. The lowest BCUT2D eigenvalue weighted by Crippen LogP contribution is -2.12. The van der Waals surface area contributed by atoms with Crippen LogP contribution in [0.3, 0.4) is 0 Å². The highest BCUT2D eigenvalue weighted by Gasteiger charge is 2.22. The number of hydrogen-bond donors (Lipinski definition) is 1. The molecule has 2 N–H and O–H groups in total. The van der Waals surface area contributed by atoms with Gasteiger partial charge in [-0.1, -0.05) is 26.5 Å². The van der Waals surface area contributed by atoms with E-state index in [-0.39, 0.29) is 5.41 Å². The summed E-state index contributed by atoms with van der Waals surface area (Å²) in [6, 6.07) is 0. The number of aromatic nitrogens is 1. The van der Waals surface area contributed by atoms with Crippen molar-refractivity contribution in [1.29, 1.82) is 0 Å². The smallest absolute Gasteiger partial charge is 0.180 e. The van der Waals surface area contributed by atoms with Crippen LogP contribution in [-0.2, 0) is 5.41 Å². The monoisotopic (exact) mass is 194 g/mol. The van der Waals surface area contributed by atoms with E-state index in [0.29, 0.717) is 5.13 Å². The molecule has 0 saturated heterocycles. The molecule has 70 valence electrons. The Morgan fingerprint density at radius 1 is 1.46 bits per heavy atom. The molecule has 2 nitrogen and oxygen atoms in total. The minimum Gasteiger partial charge on any atom is -0.375 e. The summed E-state index contributed by atoms with van der Waals surface area (Å²) in [5, 5.41) is 0.583. The van der Waals surface area contributed by atoms with Crippen molar-refractivity contribution in [1.82, 2.24) is 4.98 Å². The molecule has 1 aromatic heterocycles. The van der Waals surface area contributed by atoms with E-state index in [1.165, 1.54) is 11.3 Å². The Morgan fingerprint density at radius 3 is 2.54 bits per heavy atom. The minimum absolute atomic E-state index is 0.0845. The first-order chi connectivity index (χ1) is 6.01. The summed E-state index contributed by atoms with van der Waals surface area (Å²) in [5.41, 5.74) is 6.42. The number of nitrogens with two attached hydrogens (primary N) is 1. The van der Waals surface area contributed by atoms with Gasteiger partial charge in [-0.3, -0.25) is 0 Å². The van der Waals surface area contributed by atoms with Crippen LogP contribution in [0, 0.1) is 0 Å². The fraction of sp³-hybridized carbons (Fsp3) is 0.300. The van der Waals surface area contributed by atoms with E-state index >= 15 is 0 Å². The number of nitrogens with zero attached hydrogens (tertiary/aromatic N) is 1.